The Labute approximate surface area is 130 Å². The van der Waals surface area contributed by atoms with E-state index in [1.54, 1.807) is 30.3 Å². The minimum absolute atomic E-state index is 0.123. The van der Waals surface area contributed by atoms with Gasteiger partial charge in [-0.05, 0) is 36.4 Å². The number of para-hydroxylation sites is 2. The Morgan fingerprint density at radius 3 is 2.48 bits per heavy atom. The van der Waals surface area contributed by atoms with Crippen LogP contribution in [0, 0.1) is 0 Å². The van der Waals surface area contributed by atoms with Crippen LogP contribution in [-0.4, -0.2) is 25.4 Å². The Morgan fingerprint density at radius 1 is 1.13 bits per heavy atom. The van der Waals surface area contributed by atoms with Gasteiger partial charge in [-0.15, -0.1) is 0 Å². The largest absolute Gasteiger partial charge is 0.484 e. The molecule has 120 valence electrons. The van der Waals surface area contributed by atoms with Crippen LogP contribution in [0.15, 0.2) is 48.5 Å². The second-order valence-electron chi connectivity index (χ2n) is 4.40. The fourth-order valence-electron chi connectivity index (χ4n) is 1.75. The SMILES string of the molecule is O=Cc1ccc(OCC(=O)Nc2ccccc2OC(F)F)cc1. The monoisotopic (exact) mass is 321 g/mol. The number of alkyl halides is 2. The van der Waals surface area contributed by atoms with Crippen LogP contribution in [-0.2, 0) is 4.79 Å². The summed E-state index contributed by atoms with van der Waals surface area (Å²) in [5.74, 6) is -0.260. The molecule has 0 aliphatic rings. The quantitative estimate of drug-likeness (QED) is 0.796. The van der Waals surface area contributed by atoms with Gasteiger partial charge in [-0.25, -0.2) is 0 Å². The molecule has 0 saturated heterocycles. The van der Waals surface area contributed by atoms with Gasteiger partial charge in [0.05, 0.1) is 5.69 Å². The molecule has 0 atom stereocenters. The van der Waals surface area contributed by atoms with Crippen molar-refractivity contribution in [2.75, 3.05) is 11.9 Å². The standard InChI is InChI=1S/C16H13F2NO4/c17-16(18)23-14-4-2-1-3-13(14)19-15(21)10-22-12-7-5-11(9-20)6-8-12/h1-9,16H,10H2,(H,19,21). The average Bonchev–Trinajstić information content (AvgIpc) is 2.55. The molecule has 0 fully saturated rings. The highest BCUT2D eigenvalue weighted by atomic mass is 19.3. The second kappa shape index (κ2) is 7.88. The zero-order chi connectivity index (χ0) is 16.7. The molecular formula is C16H13F2NO4. The number of hydrogen-bond acceptors (Lipinski definition) is 4. The molecule has 0 spiro atoms. The van der Waals surface area contributed by atoms with Crippen LogP contribution in [0.25, 0.3) is 0 Å². The van der Waals surface area contributed by atoms with Crippen LogP contribution in [0.3, 0.4) is 0 Å². The van der Waals surface area contributed by atoms with Crippen LogP contribution in [0.4, 0.5) is 14.5 Å². The van der Waals surface area contributed by atoms with Gasteiger partial charge < -0.3 is 14.8 Å². The first kappa shape index (κ1) is 16.4. The number of carbonyl (C=O) groups is 2. The zero-order valence-electron chi connectivity index (χ0n) is 11.9. The number of anilines is 1. The molecule has 0 saturated carbocycles. The summed E-state index contributed by atoms with van der Waals surface area (Å²) in [7, 11) is 0. The van der Waals surface area contributed by atoms with Gasteiger partial charge in [0.1, 0.15) is 17.8 Å². The van der Waals surface area contributed by atoms with Crippen LogP contribution in [0.1, 0.15) is 10.4 Å². The molecule has 0 radical (unpaired) electrons. The number of aldehydes is 1. The first-order valence-electron chi connectivity index (χ1n) is 6.60. The summed E-state index contributed by atoms with van der Waals surface area (Å²) in [6, 6.07) is 12.0. The first-order valence-corrected chi connectivity index (χ1v) is 6.60. The van der Waals surface area contributed by atoms with E-state index in [1.807, 2.05) is 0 Å². The molecule has 2 aromatic carbocycles. The number of nitrogens with one attached hydrogen (secondary N) is 1. The van der Waals surface area contributed by atoms with Crippen LogP contribution < -0.4 is 14.8 Å². The molecule has 0 aromatic heterocycles. The van der Waals surface area contributed by atoms with Crippen LogP contribution in [0.5, 0.6) is 11.5 Å². The third-order valence-corrected chi connectivity index (χ3v) is 2.76. The molecule has 0 aliphatic heterocycles. The topological polar surface area (TPSA) is 64.6 Å². The zero-order valence-corrected chi connectivity index (χ0v) is 11.9. The number of halogens is 2. The van der Waals surface area contributed by atoms with E-state index in [4.69, 9.17) is 4.74 Å². The van der Waals surface area contributed by atoms with Gasteiger partial charge in [0.15, 0.2) is 6.61 Å². The van der Waals surface area contributed by atoms with E-state index in [2.05, 4.69) is 10.1 Å². The third-order valence-electron chi connectivity index (χ3n) is 2.76. The summed E-state index contributed by atoms with van der Waals surface area (Å²) in [5, 5.41) is 2.43. The second-order valence-corrected chi connectivity index (χ2v) is 4.40. The van der Waals surface area contributed by atoms with Crippen molar-refractivity contribution in [3.05, 3.63) is 54.1 Å². The van der Waals surface area contributed by atoms with Crippen molar-refractivity contribution in [2.24, 2.45) is 0 Å². The van der Waals surface area contributed by atoms with Gasteiger partial charge in [-0.3, -0.25) is 9.59 Å². The number of carbonyl (C=O) groups excluding carboxylic acids is 2. The van der Waals surface area contributed by atoms with Crippen molar-refractivity contribution in [1.29, 1.82) is 0 Å². The van der Waals surface area contributed by atoms with Crippen molar-refractivity contribution in [3.63, 3.8) is 0 Å². The van der Waals surface area contributed by atoms with E-state index in [0.29, 0.717) is 17.6 Å². The van der Waals surface area contributed by atoms with E-state index < -0.39 is 12.5 Å². The number of hydrogen-bond donors (Lipinski definition) is 1. The van der Waals surface area contributed by atoms with Crippen molar-refractivity contribution >= 4 is 17.9 Å². The molecule has 1 N–H and O–H groups in total. The fraction of sp³-hybridized carbons (Fsp3) is 0.125. The van der Waals surface area contributed by atoms with E-state index in [0.717, 1.165) is 0 Å². The minimum atomic E-state index is -2.99. The number of benzene rings is 2. The number of ether oxygens (including phenoxy) is 2. The smallest absolute Gasteiger partial charge is 0.387 e. The van der Waals surface area contributed by atoms with Gasteiger partial charge in [0.25, 0.3) is 5.91 Å². The van der Waals surface area contributed by atoms with E-state index in [1.165, 1.54) is 18.2 Å². The maximum absolute atomic E-state index is 12.3. The molecule has 0 unspecified atom stereocenters. The normalized spacial score (nSPS) is 10.2. The van der Waals surface area contributed by atoms with E-state index >= 15 is 0 Å². The number of rotatable bonds is 7. The third kappa shape index (κ3) is 5.06. The Balaban J connectivity index is 1.93. The molecular weight excluding hydrogens is 308 g/mol. The van der Waals surface area contributed by atoms with Crippen molar-refractivity contribution in [3.8, 4) is 11.5 Å². The highest BCUT2D eigenvalue weighted by Gasteiger charge is 2.11. The minimum Gasteiger partial charge on any atom is -0.484 e. The van der Waals surface area contributed by atoms with Gasteiger partial charge in [0, 0.05) is 5.56 Å². The van der Waals surface area contributed by atoms with E-state index in [-0.39, 0.29) is 18.0 Å². The predicted molar refractivity (Wildman–Crippen MR) is 79.0 cm³/mol. The Morgan fingerprint density at radius 2 is 1.83 bits per heavy atom. The maximum atomic E-state index is 12.3. The predicted octanol–water partition coefficient (Wildman–Crippen LogP) is 3.12. The molecule has 23 heavy (non-hydrogen) atoms. The summed E-state index contributed by atoms with van der Waals surface area (Å²) < 4.78 is 34.1. The summed E-state index contributed by atoms with van der Waals surface area (Å²) in [4.78, 5) is 22.3. The van der Waals surface area contributed by atoms with Crippen molar-refractivity contribution in [1.82, 2.24) is 0 Å². The molecule has 1 amide bonds. The maximum Gasteiger partial charge on any atom is 0.387 e. The highest BCUT2D eigenvalue weighted by molar-refractivity contribution is 5.93. The summed E-state index contributed by atoms with van der Waals surface area (Å²) in [6.07, 6.45) is 0.691. The molecule has 7 heteroatoms. The lowest BCUT2D eigenvalue weighted by Crippen LogP contribution is -2.20. The lowest BCUT2D eigenvalue weighted by Gasteiger charge is -2.12. The summed E-state index contributed by atoms with van der Waals surface area (Å²) in [5.41, 5.74) is 0.609. The first-order chi connectivity index (χ1) is 11.1. The molecule has 0 aliphatic carbocycles. The molecule has 2 aromatic rings. The Hall–Kier alpha value is -2.96. The average molecular weight is 321 g/mol. The van der Waals surface area contributed by atoms with E-state index in [9.17, 15) is 18.4 Å². The number of amides is 1. The Bertz CT molecular complexity index is 674. The summed E-state index contributed by atoms with van der Waals surface area (Å²) >= 11 is 0. The molecule has 0 heterocycles. The van der Waals surface area contributed by atoms with Crippen LogP contribution in [0.2, 0.25) is 0 Å². The Kier molecular flexibility index (Phi) is 5.62. The molecule has 0 bridgehead atoms. The molecule has 5 nitrogen and oxygen atoms in total. The lowest BCUT2D eigenvalue weighted by molar-refractivity contribution is -0.118. The van der Waals surface area contributed by atoms with Crippen LogP contribution >= 0.6 is 0 Å². The van der Waals surface area contributed by atoms with Crippen molar-refractivity contribution in [2.45, 2.75) is 6.61 Å². The van der Waals surface area contributed by atoms with Gasteiger partial charge in [-0.2, -0.15) is 8.78 Å². The highest BCUT2D eigenvalue weighted by Crippen LogP contribution is 2.25. The lowest BCUT2D eigenvalue weighted by atomic mass is 10.2. The van der Waals surface area contributed by atoms with Crippen molar-refractivity contribution < 1.29 is 27.8 Å². The molecule has 2 rings (SSSR count). The van der Waals surface area contributed by atoms with Gasteiger partial charge in [0.2, 0.25) is 0 Å². The fourth-order valence-corrected chi connectivity index (χ4v) is 1.75. The van der Waals surface area contributed by atoms with Gasteiger partial charge in [-0.1, -0.05) is 12.1 Å². The summed E-state index contributed by atoms with van der Waals surface area (Å²) in [6.45, 7) is -3.30. The van der Waals surface area contributed by atoms with Gasteiger partial charge >= 0.3 is 6.61 Å².